The largest absolute Gasteiger partial charge is 0.331 e. The lowest BCUT2D eigenvalue weighted by Gasteiger charge is -2.35. The summed E-state index contributed by atoms with van der Waals surface area (Å²) in [5, 5.41) is 3.69. The molecule has 6 heteroatoms. The zero-order chi connectivity index (χ0) is 24.0. The van der Waals surface area contributed by atoms with Gasteiger partial charge in [0.15, 0.2) is 5.13 Å². The number of anilines is 1. The molecule has 182 valence electrons. The molecule has 1 saturated heterocycles. The van der Waals surface area contributed by atoms with Gasteiger partial charge in [-0.3, -0.25) is 9.59 Å². The molecule has 0 unspecified atom stereocenters. The number of hydrogen-bond donors (Lipinski definition) is 1. The second-order valence-electron chi connectivity index (χ2n) is 9.76. The Morgan fingerprint density at radius 1 is 0.914 bits per heavy atom. The number of carbonyl (C=O) groups excluding carboxylic acids is 2. The number of aromatic nitrogens is 1. The third kappa shape index (κ3) is 5.81. The highest BCUT2D eigenvalue weighted by Crippen LogP contribution is 2.34. The Morgan fingerprint density at radius 3 is 2.34 bits per heavy atom. The van der Waals surface area contributed by atoms with Crippen molar-refractivity contribution in [2.24, 2.45) is 5.92 Å². The van der Waals surface area contributed by atoms with Gasteiger partial charge in [-0.25, -0.2) is 4.98 Å². The van der Waals surface area contributed by atoms with Crippen LogP contribution < -0.4 is 5.32 Å². The first kappa shape index (κ1) is 23.7. The van der Waals surface area contributed by atoms with Crippen LogP contribution in [0.2, 0.25) is 0 Å². The molecule has 1 saturated carbocycles. The Bertz CT molecular complexity index is 1140. The van der Waals surface area contributed by atoms with Crippen molar-refractivity contribution >= 4 is 28.3 Å². The summed E-state index contributed by atoms with van der Waals surface area (Å²) in [5.74, 6) is 0.524. The minimum atomic E-state index is -0.403. The van der Waals surface area contributed by atoms with Gasteiger partial charge in [0.05, 0.1) is 5.69 Å². The molecule has 2 aromatic carbocycles. The fourth-order valence-corrected chi connectivity index (χ4v) is 6.42. The van der Waals surface area contributed by atoms with Crippen LogP contribution in [0.4, 0.5) is 5.13 Å². The van der Waals surface area contributed by atoms with Crippen LogP contribution in [0.25, 0.3) is 11.3 Å². The van der Waals surface area contributed by atoms with E-state index in [2.05, 4.69) is 29.6 Å². The number of likely N-dealkylation sites (tertiary alicyclic amines) is 1. The minimum absolute atomic E-state index is 0.107. The lowest BCUT2D eigenvalue weighted by Crippen LogP contribution is -2.50. The molecule has 2 fully saturated rings. The van der Waals surface area contributed by atoms with Crippen LogP contribution in [0.15, 0.2) is 60.7 Å². The molecule has 35 heavy (non-hydrogen) atoms. The number of carbonyl (C=O) groups is 2. The molecule has 2 heterocycles. The van der Waals surface area contributed by atoms with Gasteiger partial charge in [0.2, 0.25) is 11.8 Å². The van der Waals surface area contributed by atoms with Gasteiger partial charge in [0, 0.05) is 29.8 Å². The molecular formula is C29H33N3O2S. The van der Waals surface area contributed by atoms with E-state index in [9.17, 15) is 9.59 Å². The minimum Gasteiger partial charge on any atom is -0.331 e. The summed E-state index contributed by atoms with van der Waals surface area (Å²) in [4.78, 5) is 34.3. The van der Waals surface area contributed by atoms with Crippen molar-refractivity contribution in [2.45, 2.75) is 63.8 Å². The summed E-state index contributed by atoms with van der Waals surface area (Å²) in [7, 11) is 0. The third-order valence-corrected chi connectivity index (χ3v) is 8.22. The molecule has 3 aromatic rings. The zero-order valence-corrected chi connectivity index (χ0v) is 20.9. The predicted octanol–water partition coefficient (Wildman–Crippen LogP) is 6.30. The summed E-state index contributed by atoms with van der Waals surface area (Å²) >= 11 is 1.53. The van der Waals surface area contributed by atoms with Crippen LogP contribution in [0.5, 0.6) is 0 Å². The molecule has 2 amide bonds. The molecule has 1 atom stereocenters. The maximum absolute atomic E-state index is 13.4. The van der Waals surface area contributed by atoms with Gasteiger partial charge in [-0.2, -0.15) is 0 Å². The second-order valence-corrected chi connectivity index (χ2v) is 10.8. The van der Waals surface area contributed by atoms with E-state index in [4.69, 9.17) is 4.98 Å². The number of benzene rings is 2. The highest BCUT2D eigenvalue weighted by molar-refractivity contribution is 7.16. The van der Waals surface area contributed by atoms with E-state index in [-0.39, 0.29) is 11.8 Å². The van der Waals surface area contributed by atoms with Crippen molar-refractivity contribution in [3.63, 3.8) is 0 Å². The molecule has 1 N–H and O–H groups in total. The number of rotatable bonds is 7. The Morgan fingerprint density at radius 2 is 1.60 bits per heavy atom. The summed E-state index contributed by atoms with van der Waals surface area (Å²) in [6.07, 6.45) is 8.73. The van der Waals surface area contributed by atoms with Gasteiger partial charge in [-0.1, -0.05) is 73.5 Å². The first-order valence-electron chi connectivity index (χ1n) is 12.9. The Kier molecular flexibility index (Phi) is 7.57. The number of nitrogens with one attached hydrogen (secondary N) is 1. The first-order valence-corrected chi connectivity index (χ1v) is 13.7. The number of amides is 2. The van der Waals surface area contributed by atoms with Crippen molar-refractivity contribution in [1.82, 2.24) is 9.88 Å². The van der Waals surface area contributed by atoms with E-state index < -0.39 is 6.04 Å². The SMILES string of the molecule is O=C(Nc1nc(-c2ccccc2)c(Cc2ccccc2)s1)[C@@H]1CCCCN1C(=O)CC1CCCC1. The van der Waals surface area contributed by atoms with E-state index in [0.717, 1.165) is 54.7 Å². The molecule has 0 bridgehead atoms. The maximum Gasteiger partial charge on any atom is 0.248 e. The summed E-state index contributed by atoms with van der Waals surface area (Å²) in [5.41, 5.74) is 3.16. The van der Waals surface area contributed by atoms with Crippen LogP contribution >= 0.6 is 11.3 Å². The summed E-state index contributed by atoms with van der Waals surface area (Å²) < 4.78 is 0. The average Bonchev–Trinajstić information content (AvgIpc) is 3.55. The first-order chi connectivity index (χ1) is 17.2. The van der Waals surface area contributed by atoms with Crippen LogP contribution in [0, 0.1) is 5.92 Å². The lowest BCUT2D eigenvalue weighted by atomic mass is 9.98. The molecule has 5 nitrogen and oxygen atoms in total. The smallest absolute Gasteiger partial charge is 0.248 e. The van der Waals surface area contributed by atoms with Crippen molar-refractivity contribution in [3.8, 4) is 11.3 Å². The molecule has 1 aliphatic heterocycles. The number of hydrogen-bond acceptors (Lipinski definition) is 4. The van der Waals surface area contributed by atoms with Gasteiger partial charge in [-0.15, -0.1) is 11.3 Å². The van der Waals surface area contributed by atoms with E-state index in [0.29, 0.717) is 24.0 Å². The Labute approximate surface area is 211 Å². The Balaban J connectivity index is 1.34. The van der Waals surface area contributed by atoms with Gasteiger partial charge >= 0.3 is 0 Å². The van der Waals surface area contributed by atoms with E-state index >= 15 is 0 Å². The van der Waals surface area contributed by atoms with Crippen LogP contribution in [0.1, 0.15) is 61.8 Å². The fourth-order valence-electron chi connectivity index (χ4n) is 5.40. The zero-order valence-electron chi connectivity index (χ0n) is 20.1. The monoisotopic (exact) mass is 487 g/mol. The maximum atomic E-state index is 13.4. The molecule has 1 aliphatic carbocycles. The molecule has 0 radical (unpaired) electrons. The molecule has 5 rings (SSSR count). The lowest BCUT2D eigenvalue weighted by molar-refractivity contribution is -0.141. The van der Waals surface area contributed by atoms with Gasteiger partial charge in [-0.05, 0) is 43.6 Å². The average molecular weight is 488 g/mol. The molecule has 1 aromatic heterocycles. The summed E-state index contributed by atoms with van der Waals surface area (Å²) in [6, 6.07) is 20.1. The van der Waals surface area contributed by atoms with Crippen molar-refractivity contribution in [3.05, 3.63) is 71.1 Å². The molecular weight excluding hydrogens is 454 g/mol. The van der Waals surface area contributed by atoms with Crippen molar-refractivity contribution < 1.29 is 9.59 Å². The normalized spacial score (nSPS) is 18.5. The molecule has 0 spiro atoms. The van der Waals surface area contributed by atoms with E-state index in [1.165, 1.54) is 29.7 Å². The third-order valence-electron chi connectivity index (χ3n) is 7.25. The van der Waals surface area contributed by atoms with Crippen LogP contribution in [0.3, 0.4) is 0 Å². The van der Waals surface area contributed by atoms with Crippen molar-refractivity contribution in [1.29, 1.82) is 0 Å². The topological polar surface area (TPSA) is 62.3 Å². The quantitative estimate of drug-likeness (QED) is 0.425. The fraction of sp³-hybridized carbons (Fsp3) is 0.414. The predicted molar refractivity (Wildman–Crippen MR) is 141 cm³/mol. The van der Waals surface area contributed by atoms with Gasteiger partial charge in [0.25, 0.3) is 0 Å². The standard InChI is InChI=1S/C29H33N3O2S/c33-26(20-22-13-7-8-14-22)32-18-10-9-17-24(32)28(34)31-29-30-27(23-15-5-2-6-16-23)25(35-29)19-21-11-3-1-4-12-21/h1-6,11-12,15-16,22,24H,7-10,13-14,17-20H2,(H,30,31,34)/t24-/m0/s1. The van der Waals surface area contributed by atoms with Gasteiger partial charge in [0.1, 0.15) is 6.04 Å². The van der Waals surface area contributed by atoms with Crippen LogP contribution in [-0.4, -0.2) is 34.3 Å². The number of thiazole rings is 1. The van der Waals surface area contributed by atoms with Gasteiger partial charge < -0.3 is 10.2 Å². The highest BCUT2D eigenvalue weighted by Gasteiger charge is 2.34. The second kappa shape index (κ2) is 11.2. The molecule has 2 aliphatic rings. The van der Waals surface area contributed by atoms with Crippen LogP contribution in [-0.2, 0) is 16.0 Å². The summed E-state index contributed by atoms with van der Waals surface area (Å²) in [6.45, 7) is 0.677. The number of piperidine rings is 1. The highest BCUT2D eigenvalue weighted by atomic mass is 32.1. The number of nitrogens with zero attached hydrogens (tertiary/aromatic N) is 2. The van der Waals surface area contributed by atoms with E-state index in [1.54, 1.807) is 0 Å². The van der Waals surface area contributed by atoms with E-state index in [1.807, 2.05) is 41.3 Å². The Hall–Kier alpha value is -2.99. The van der Waals surface area contributed by atoms with Crippen molar-refractivity contribution in [2.75, 3.05) is 11.9 Å².